The molecular formula is C15H22BrNO2. The van der Waals surface area contributed by atoms with E-state index in [2.05, 4.69) is 33.8 Å². The molecule has 1 heterocycles. The van der Waals surface area contributed by atoms with Gasteiger partial charge in [0, 0.05) is 35.4 Å². The number of hydrogen-bond acceptors (Lipinski definition) is 3. The van der Waals surface area contributed by atoms with E-state index in [1.807, 2.05) is 12.1 Å². The summed E-state index contributed by atoms with van der Waals surface area (Å²) >= 11 is 3.45. The second kappa shape index (κ2) is 7.27. The maximum Gasteiger partial charge on any atom is 0.0750 e. The molecule has 0 spiro atoms. The van der Waals surface area contributed by atoms with Crippen LogP contribution in [0.15, 0.2) is 22.7 Å². The number of benzene rings is 1. The van der Waals surface area contributed by atoms with Gasteiger partial charge in [0.1, 0.15) is 0 Å². The lowest BCUT2D eigenvalue weighted by molar-refractivity contribution is 0.0440. The first-order chi connectivity index (χ1) is 9.24. The van der Waals surface area contributed by atoms with Crippen LogP contribution in [0.2, 0.25) is 0 Å². The maximum absolute atomic E-state index is 9.50. The Bertz CT molecular complexity index is 411. The number of hydrogen-bond donors (Lipinski definition) is 1. The lowest BCUT2D eigenvalue weighted by atomic mass is 10.1. The fraction of sp³-hybridized carbons (Fsp3) is 0.600. The number of nitrogens with zero attached hydrogens (tertiary/aromatic N) is 1. The number of halogens is 1. The van der Waals surface area contributed by atoms with Crippen LogP contribution < -0.4 is 4.90 Å². The molecule has 0 bridgehead atoms. The molecule has 4 heteroatoms. The monoisotopic (exact) mass is 327 g/mol. The molecule has 1 fully saturated rings. The van der Waals surface area contributed by atoms with Gasteiger partial charge in [0.15, 0.2) is 0 Å². The van der Waals surface area contributed by atoms with Crippen molar-refractivity contribution in [2.45, 2.75) is 38.9 Å². The Morgan fingerprint density at radius 2 is 2.32 bits per heavy atom. The van der Waals surface area contributed by atoms with Crippen LogP contribution >= 0.6 is 15.9 Å². The molecule has 3 nitrogen and oxygen atoms in total. The van der Waals surface area contributed by atoms with Gasteiger partial charge in [-0.1, -0.05) is 22.9 Å². The van der Waals surface area contributed by atoms with Crippen LogP contribution in [-0.4, -0.2) is 30.9 Å². The van der Waals surface area contributed by atoms with E-state index in [-0.39, 0.29) is 6.61 Å². The lowest BCUT2D eigenvalue weighted by Gasteiger charge is -2.35. The summed E-state index contributed by atoms with van der Waals surface area (Å²) in [7, 11) is 0. The van der Waals surface area contributed by atoms with Crippen LogP contribution in [0.3, 0.4) is 0 Å². The van der Waals surface area contributed by atoms with E-state index < -0.39 is 0 Å². The van der Waals surface area contributed by atoms with Gasteiger partial charge in [-0.25, -0.2) is 0 Å². The highest BCUT2D eigenvalue weighted by Gasteiger charge is 2.22. The van der Waals surface area contributed by atoms with Crippen molar-refractivity contribution in [1.29, 1.82) is 0 Å². The zero-order valence-electron chi connectivity index (χ0n) is 11.4. The first-order valence-corrected chi connectivity index (χ1v) is 7.79. The fourth-order valence-corrected chi connectivity index (χ4v) is 2.98. The number of aliphatic hydroxyl groups excluding tert-OH is 1. The zero-order valence-corrected chi connectivity index (χ0v) is 13.0. The highest BCUT2D eigenvalue weighted by Crippen LogP contribution is 2.28. The average molecular weight is 328 g/mol. The van der Waals surface area contributed by atoms with Crippen LogP contribution in [0.5, 0.6) is 0 Å². The molecule has 1 aliphatic rings. The van der Waals surface area contributed by atoms with Gasteiger partial charge in [-0.15, -0.1) is 0 Å². The van der Waals surface area contributed by atoms with E-state index in [1.165, 1.54) is 0 Å². The third-order valence-electron chi connectivity index (χ3n) is 3.49. The number of anilines is 1. The summed E-state index contributed by atoms with van der Waals surface area (Å²) in [6, 6.07) is 6.11. The van der Waals surface area contributed by atoms with Crippen LogP contribution in [0.1, 0.15) is 31.7 Å². The Kier molecular flexibility index (Phi) is 5.67. The molecule has 1 aromatic rings. The fourth-order valence-electron chi connectivity index (χ4n) is 2.57. The van der Waals surface area contributed by atoms with Gasteiger partial charge in [0.2, 0.25) is 0 Å². The molecule has 0 amide bonds. The van der Waals surface area contributed by atoms with E-state index >= 15 is 0 Å². The lowest BCUT2D eigenvalue weighted by Crippen LogP contribution is -2.40. The minimum Gasteiger partial charge on any atom is -0.392 e. The topological polar surface area (TPSA) is 32.7 Å². The van der Waals surface area contributed by atoms with Crippen molar-refractivity contribution >= 4 is 21.6 Å². The normalized spacial score (nSPS) is 19.7. The Balaban J connectivity index is 2.08. The van der Waals surface area contributed by atoms with E-state index in [4.69, 9.17) is 4.74 Å². The minimum absolute atomic E-state index is 0.0752. The van der Waals surface area contributed by atoms with E-state index in [1.54, 1.807) is 0 Å². The van der Waals surface area contributed by atoms with Gasteiger partial charge in [-0.3, -0.25) is 0 Å². The summed E-state index contributed by atoms with van der Waals surface area (Å²) in [6.45, 7) is 5.02. The smallest absolute Gasteiger partial charge is 0.0750 e. The first-order valence-electron chi connectivity index (χ1n) is 7.00. The van der Waals surface area contributed by atoms with Crippen LogP contribution in [-0.2, 0) is 11.3 Å². The Hall–Kier alpha value is -0.580. The van der Waals surface area contributed by atoms with Gasteiger partial charge >= 0.3 is 0 Å². The van der Waals surface area contributed by atoms with Crippen molar-refractivity contribution in [2.75, 3.05) is 24.6 Å². The van der Waals surface area contributed by atoms with Crippen LogP contribution in [0.25, 0.3) is 0 Å². The van der Waals surface area contributed by atoms with Crippen molar-refractivity contribution in [3.8, 4) is 0 Å². The summed E-state index contributed by atoms with van der Waals surface area (Å²) < 4.78 is 6.88. The zero-order chi connectivity index (χ0) is 13.7. The molecule has 1 N–H and O–H groups in total. The molecular weight excluding hydrogens is 306 g/mol. The summed E-state index contributed by atoms with van der Waals surface area (Å²) in [5.74, 6) is 0. The standard InChI is InChI=1S/C15H22BrNO2/c1-2-8-19-14-4-3-7-17(10-14)15-6-5-13(16)9-12(15)11-18/h5-6,9,14,18H,2-4,7-8,10-11H2,1H3. The Labute approximate surface area is 123 Å². The van der Waals surface area contributed by atoms with Gasteiger partial charge in [0.05, 0.1) is 12.7 Å². The first kappa shape index (κ1) is 14.8. The molecule has 1 aromatic carbocycles. The second-order valence-electron chi connectivity index (χ2n) is 5.01. The van der Waals surface area contributed by atoms with E-state index in [0.717, 1.165) is 54.7 Å². The molecule has 0 radical (unpaired) electrons. The summed E-state index contributed by atoms with van der Waals surface area (Å²) in [4.78, 5) is 2.34. The molecule has 1 aliphatic heterocycles. The average Bonchev–Trinajstić information content (AvgIpc) is 2.45. The third kappa shape index (κ3) is 3.94. The maximum atomic E-state index is 9.50. The molecule has 0 saturated carbocycles. The largest absolute Gasteiger partial charge is 0.392 e. The van der Waals surface area contributed by atoms with Crippen molar-refractivity contribution in [3.05, 3.63) is 28.2 Å². The molecule has 19 heavy (non-hydrogen) atoms. The number of aliphatic hydroxyl groups is 1. The number of piperidine rings is 1. The minimum atomic E-state index is 0.0752. The molecule has 1 saturated heterocycles. The Morgan fingerprint density at radius 3 is 3.05 bits per heavy atom. The molecule has 1 atom stereocenters. The summed E-state index contributed by atoms with van der Waals surface area (Å²) in [6.07, 6.45) is 3.68. The van der Waals surface area contributed by atoms with Crippen molar-refractivity contribution in [1.82, 2.24) is 0 Å². The Morgan fingerprint density at radius 1 is 1.47 bits per heavy atom. The third-order valence-corrected chi connectivity index (χ3v) is 3.98. The van der Waals surface area contributed by atoms with Gasteiger partial charge in [0.25, 0.3) is 0 Å². The quantitative estimate of drug-likeness (QED) is 0.900. The summed E-state index contributed by atoms with van der Waals surface area (Å²) in [5, 5.41) is 9.50. The molecule has 106 valence electrons. The second-order valence-corrected chi connectivity index (χ2v) is 5.93. The molecule has 0 aromatic heterocycles. The van der Waals surface area contributed by atoms with Crippen molar-refractivity contribution < 1.29 is 9.84 Å². The van der Waals surface area contributed by atoms with Gasteiger partial charge in [-0.2, -0.15) is 0 Å². The highest BCUT2D eigenvalue weighted by atomic mass is 79.9. The van der Waals surface area contributed by atoms with Crippen molar-refractivity contribution in [3.63, 3.8) is 0 Å². The van der Waals surface area contributed by atoms with E-state index in [9.17, 15) is 5.11 Å². The predicted octanol–water partition coefficient (Wildman–Crippen LogP) is 3.34. The van der Waals surface area contributed by atoms with Crippen LogP contribution in [0, 0.1) is 0 Å². The number of ether oxygens (including phenoxy) is 1. The number of rotatable bonds is 5. The predicted molar refractivity (Wildman–Crippen MR) is 81.5 cm³/mol. The van der Waals surface area contributed by atoms with Crippen LogP contribution in [0.4, 0.5) is 5.69 Å². The molecule has 2 rings (SSSR count). The molecule has 1 unspecified atom stereocenters. The van der Waals surface area contributed by atoms with Gasteiger partial charge < -0.3 is 14.7 Å². The molecule has 0 aliphatic carbocycles. The van der Waals surface area contributed by atoms with Gasteiger partial charge in [-0.05, 0) is 37.5 Å². The van der Waals surface area contributed by atoms with E-state index in [0.29, 0.717) is 6.10 Å². The van der Waals surface area contributed by atoms with Crippen molar-refractivity contribution in [2.24, 2.45) is 0 Å². The SMILES string of the molecule is CCCOC1CCCN(c2ccc(Br)cc2CO)C1. The summed E-state index contributed by atoms with van der Waals surface area (Å²) in [5.41, 5.74) is 2.11. The highest BCUT2D eigenvalue weighted by molar-refractivity contribution is 9.10.